The first-order chi connectivity index (χ1) is 10.6. The summed E-state index contributed by atoms with van der Waals surface area (Å²) in [6.45, 7) is 2.45. The predicted octanol–water partition coefficient (Wildman–Crippen LogP) is 3.98. The van der Waals surface area contributed by atoms with Crippen LogP contribution in [0.1, 0.15) is 6.92 Å². The zero-order valence-corrected chi connectivity index (χ0v) is 13.4. The maximum Gasteiger partial charge on any atom is 0.237 e. The zero-order chi connectivity index (χ0) is 15.9. The van der Waals surface area contributed by atoms with Crippen LogP contribution in [-0.2, 0) is 4.79 Å². The quantitative estimate of drug-likeness (QED) is 0.754. The highest BCUT2D eigenvalue weighted by Gasteiger charge is 2.14. The molecule has 0 radical (unpaired) electrons. The van der Waals surface area contributed by atoms with Gasteiger partial charge in [0.25, 0.3) is 0 Å². The van der Waals surface area contributed by atoms with Crippen molar-refractivity contribution in [3.8, 4) is 5.75 Å². The molecule has 0 saturated heterocycles. The number of carbonyl (C=O) groups is 1. The predicted molar refractivity (Wildman–Crippen MR) is 88.1 cm³/mol. The van der Waals surface area contributed by atoms with Crippen LogP contribution in [0.5, 0.6) is 5.75 Å². The monoisotopic (exact) mass is 319 g/mol. The standard InChI is InChI=1S/C17H18FNO2S/c1-3-19(14-6-4-13(18)5-7-14)17(20)12-22-16-10-8-15(21-2)9-11-16/h4-11H,3,12H2,1-2H3. The van der Waals surface area contributed by atoms with Gasteiger partial charge in [0.15, 0.2) is 0 Å². The highest BCUT2D eigenvalue weighted by Crippen LogP contribution is 2.23. The first kappa shape index (κ1) is 16.4. The van der Waals surface area contributed by atoms with E-state index in [1.54, 1.807) is 24.1 Å². The van der Waals surface area contributed by atoms with Gasteiger partial charge in [0.2, 0.25) is 5.91 Å². The molecule has 0 bridgehead atoms. The number of nitrogens with zero attached hydrogens (tertiary/aromatic N) is 1. The Morgan fingerprint density at radius 2 is 1.77 bits per heavy atom. The van der Waals surface area contributed by atoms with Gasteiger partial charge < -0.3 is 9.64 Å². The van der Waals surface area contributed by atoms with Gasteiger partial charge in [-0.3, -0.25) is 4.79 Å². The highest BCUT2D eigenvalue weighted by atomic mass is 32.2. The molecule has 0 N–H and O–H groups in total. The lowest BCUT2D eigenvalue weighted by atomic mass is 10.3. The summed E-state index contributed by atoms with van der Waals surface area (Å²) in [7, 11) is 1.62. The number of thioether (sulfide) groups is 1. The second-order valence-electron chi connectivity index (χ2n) is 4.58. The number of rotatable bonds is 6. The van der Waals surface area contributed by atoms with Gasteiger partial charge in [0.1, 0.15) is 11.6 Å². The summed E-state index contributed by atoms with van der Waals surface area (Å²) in [5.74, 6) is 0.810. The Labute approximate surface area is 134 Å². The normalized spacial score (nSPS) is 10.3. The molecular formula is C17H18FNO2S. The number of halogens is 1. The van der Waals surface area contributed by atoms with Crippen molar-refractivity contribution in [2.75, 3.05) is 24.3 Å². The molecule has 0 heterocycles. The summed E-state index contributed by atoms with van der Waals surface area (Å²) in [4.78, 5) is 15.0. The number of amides is 1. The van der Waals surface area contributed by atoms with Crippen LogP contribution in [0.3, 0.4) is 0 Å². The molecule has 0 aliphatic carbocycles. The summed E-state index contributed by atoms with van der Waals surface area (Å²) < 4.78 is 18.1. The summed E-state index contributed by atoms with van der Waals surface area (Å²) >= 11 is 1.47. The fourth-order valence-corrected chi connectivity index (χ4v) is 2.79. The molecule has 0 spiro atoms. The molecule has 2 aromatic carbocycles. The van der Waals surface area contributed by atoms with Crippen LogP contribution in [0.4, 0.5) is 10.1 Å². The van der Waals surface area contributed by atoms with Crippen molar-refractivity contribution in [3.05, 3.63) is 54.3 Å². The zero-order valence-electron chi connectivity index (χ0n) is 12.6. The Bertz CT molecular complexity index is 614. The van der Waals surface area contributed by atoms with E-state index in [4.69, 9.17) is 4.74 Å². The van der Waals surface area contributed by atoms with Crippen molar-refractivity contribution >= 4 is 23.4 Å². The van der Waals surface area contributed by atoms with E-state index in [-0.39, 0.29) is 11.7 Å². The number of hydrogen-bond acceptors (Lipinski definition) is 3. The molecular weight excluding hydrogens is 301 g/mol. The second-order valence-corrected chi connectivity index (χ2v) is 5.63. The van der Waals surface area contributed by atoms with Crippen molar-refractivity contribution in [3.63, 3.8) is 0 Å². The molecule has 22 heavy (non-hydrogen) atoms. The van der Waals surface area contributed by atoms with E-state index < -0.39 is 0 Å². The minimum atomic E-state index is -0.306. The molecule has 0 unspecified atom stereocenters. The average Bonchev–Trinajstić information content (AvgIpc) is 2.56. The lowest BCUT2D eigenvalue weighted by Crippen LogP contribution is -2.32. The third-order valence-corrected chi connectivity index (χ3v) is 4.17. The number of methoxy groups -OCH3 is 1. The Morgan fingerprint density at radius 3 is 2.32 bits per heavy atom. The molecule has 0 atom stereocenters. The maximum absolute atomic E-state index is 13.0. The number of anilines is 1. The Hall–Kier alpha value is -2.01. The van der Waals surface area contributed by atoms with Crippen molar-refractivity contribution in [2.24, 2.45) is 0 Å². The topological polar surface area (TPSA) is 29.5 Å². The number of ether oxygens (including phenoxy) is 1. The lowest BCUT2D eigenvalue weighted by Gasteiger charge is -2.20. The highest BCUT2D eigenvalue weighted by molar-refractivity contribution is 8.00. The molecule has 0 aromatic heterocycles. The van der Waals surface area contributed by atoms with E-state index in [9.17, 15) is 9.18 Å². The number of benzene rings is 2. The Kier molecular flexibility index (Phi) is 5.83. The second kappa shape index (κ2) is 7.84. The fraction of sp³-hybridized carbons (Fsp3) is 0.235. The van der Waals surface area contributed by atoms with Gasteiger partial charge in [-0.05, 0) is 55.5 Å². The third kappa shape index (κ3) is 4.24. The van der Waals surface area contributed by atoms with Gasteiger partial charge >= 0.3 is 0 Å². The minimum absolute atomic E-state index is 0.00470. The minimum Gasteiger partial charge on any atom is -0.497 e. The van der Waals surface area contributed by atoms with E-state index >= 15 is 0 Å². The molecule has 5 heteroatoms. The molecule has 116 valence electrons. The van der Waals surface area contributed by atoms with Crippen molar-refractivity contribution in [1.29, 1.82) is 0 Å². The van der Waals surface area contributed by atoms with Crippen LogP contribution in [0.2, 0.25) is 0 Å². The fourth-order valence-electron chi connectivity index (χ4n) is 2.02. The smallest absolute Gasteiger partial charge is 0.237 e. The van der Waals surface area contributed by atoms with E-state index in [0.29, 0.717) is 18.0 Å². The van der Waals surface area contributed by atoms with Crippen molar-refractivity contribution in [2.45, 2.75) is 11.8 Å². The maximum atomic E-state index is 13.0. The molecule has 1 amide bonds. The van der Waals surface area contributed by atoms with E-state index in [2.05, 4.69) is 0 Å². The van der Waals surface area contributed by atoms with Gasteiger partial charge in [-0.2, -0.15) is 0 Å². The molecule has 3 nitrogen and oxygen atoms in total. The largest absolute Gasteiger partial charge is 0.497 e. The summed E-state index contributed by atoms with van der Waals surface area (Å²) in [5.41, 5.74) is 0.712. The molecule has 0 aliphatic rings. The summed E-state index contributed by atoms with van der Waals surface area (Å²) in [5, 5.41) is 0. The first-order valence-corrected chi connectivity index (χ1v) is 7.95. The summed E-state index contributed by atoms with van der Waals surface area (Å²) in [6.07, 6.45) is 0. The SMILES string of the molecule is CCN(C(=O)CSc1ccc(OC)cc1)c1ccc(F)cc1. The first-order valence-electron chi connectivity index (χ1n) is 6.97. The van der Waals surface area contributed by atoms with Gasteiger partial charge in [-0.15, -0.1) is 11.8 Å². The van der Waals surface area contributed by atoms with Gasteiger partial charge in [-0.1, -0.05) is 0 Å². The molecule has 0 aliphatic heterocycles. The average molecular weight is 319 g/mol. The lowest BCUT2D eigenvalue weighted by molar-refractivity contribution is -0.116. The van der Waals surface area contributed by atoms with Crippen LogP contribution in [-0.4, -0.2) is 25.3 Å². The van der Waals surface area contributed by atoms with Gasteiger partial charge in [0, 0.05) is 17.1 Å². The van der Waals surface area contributed by atoms with Crippen molar-refractivity contribution < 1.29 is 13.9 Å². The van der Waals surface area contributed by atoms with E-state index in [1.165, 1.54) is 23.9 Å². The van der Waals surface area contributed by atoms with Gasteiger partial charge in [-0.25, -0.2) is 4.39 Å². The molecule has 2 rings (SSSR count). The van der Waals surface area contributed by atoms with Crippen LogP contribution in [0, 0.1) is 5.82 Å². The van der Waals surface area contributed by atoms with E-state index in [1.807, 2.05) is 31.2 Å². The van der Waals surface area contributed by atoms with Crippen LogP contribution >= 0.6 is 11.8 Å². The number of carbonyl (C=O) groups excluding carboxylic acids is 1. The van der Waals surface area contributed by atoms with Crippen molar-refractivity contribution in [1.82, 2.24) is 0 Å². The molecule has 0 saturated carbocycles. The summed E-state index contributed by atoms with van der Waals surface area (Å²) in [6, 6.07) is 13.5. The molecule has 2 aromatic rings. The Morgan fingerprint density at radius 1 is 1.14 bits per heavy atom. The van der Waals surface area contributed by atoms with Crippen LogP contribution < -0.4 is 9.64 Å². The van der Waals surface area contributed by atoms with E-state index in [0.717, 1.165) is 10.6 Å². The molecule has 0 fully saturated rings. The number of hydrogen-bond donors (Lipinski definition) is 0. The third-order valence-electron chi connectivity index (χ3n) is 3.18. The van der Waals surface area contributed by atoms with Crippen LogP contribution in [0.15, 0.2) is 53.4 Å². The van der Waals surface area contributed by atoms with Gasteiger partial charge in [0.05, 0.1) is 12.9 Å². The van der Waals surface area contributed by atoms with Crippen LogP contribution in [0.25, 0.3) is 0 Å². The Balaban J connectivity index is 1.98.